The highest BCUT2D eigenvalue weighted by Crippen LogP contribution is 2.39. The summed E-state index contributed by atoms with van der Waals surface area (Å²) < 4.78 is 61.6. The van der Waals surface area contributed by atoms with E-state index in [2.05, 4.69) is 14.9 Å². The van der Waals surface area contributed by atoms with Gasteiger partial charge in [0.05, 0.1) is 14.2 Å². The van der Waals surface area contributed by atoms with E-state index in [4.69, 9.17) is 14.2 Å². The monoisotopic (exact) mass is 476 g/mol. The minimum absolute atomic E-state index is 0.0466. The van der Waals surface area contributed by atoms with Gasteiger partial charge in [0.2, 0.25) is 16.0 Å². The quantitative estimate of drug-likeness (QED) is 0.528. The van der Waals surface area contributed by atoms with Crippen LogP contribution in [0.3, 0.4) is 0 Å². The van der Waals surface area contributed by atoms with E-state index in [0.717, 1.165) is 6.42 Å². The number of para-hydroxylation sites is 1. The number of nitrogens with one attached hydrogen (secondary N) is 1. The van der Waals surface area contributed by atoms with Crippen molar-refractivity contribution in [1.82, 2.24) is 14.8 Å². The smallest absolute Gasteiger partial charge is 0.243 e. The molecular formula is C22H25FN4O5S. The van der Waals surface area contributed by atoms with Crippen LogP contribution in [0.15, 0.2) is 42.5 Å². The Balaban J connectivity index is 1.83. The first-order valence-corrected chi connectivity index (χ1v) is 12.0. The van der Waals surface area contributed by atoms with Crippen LogP contribution in [-0.4, -0.2) is 44.0 Å². The molecule has 1 N–H and O–H groups in total. The van der Waals surface area contributed by atoms with Crippen molar-refractivity contribution in [3.63, 3.8) is 0 Å². The number of sulfonamides is 1. The second-order valence-corrected chi connectivity index (χ2v) is 9.54. The van der Waals surface area contributed by atoms with Gasteiger partial charge in [0.15, 0.2) is 5.82 Å². The largest absolute Gasteiger partial charge is 0.494 e. The highest BCUT2D eigenvalue weighted by molar-refractivity contribution is 7.92. The van der Waals surface area contributed by atoms with Crippen LogP contribution in [0.25, 0.3) is 5.69 Å². The molecule has 33 heavy (non-hydrogen) atoms. The number of rotatable bonds is 8. The van der Waals surface area contributed by atoms with Crippen molar-refractivity contribution in [3.8, 4) is 17.2 Å². The van der Waals surface area contributed by atoms with Gasteiger partial charge in [-0.15, -0.1) is 10.2 Å². The van der Waals surface area contributed by atoms with Gasteiger partial charge in [-0.3, -0.25) is 9.29 Å². The second kappa shape index (κ2) is 9.36. The lowest BCUT2D eigenvalue weighted by molar-refractivity contribution is 0.103. The minimum atomic E-state index is -4.10. The molecule has 2 aromatic carbocycles. The van der Waals surface area contributed by atoms with Crippen LogP contribution in [0.2, 0.25) is 0 Å². The molecule has 0 saturated carbocycles. The summed E-state index contributed by atoms with van der Waals surface area (Å²) in [6.07, 6.45) is 1.16. The van der Waals surface area contributed by atoms with Crippen molar-refractivity contribution in [3.05, 3.63) is 59.7 Å². The number of methoxy groups -OCH3 is 2. The summed E-state index contributed by atoms with van der Waals surface area (Å²) in [4.78, 5) is 0. The Morgan fingerprint density at radius 1 is 1.12 bits per heavy atom. The van der Waals surface area contributed by atoms with E-state index < -0.39 is 21.1 Å². The van der Waals surface area contributed by atoms with Crippen LogP contribution >= 0.6 is 0 Å². The SMILES string of the molecule is COc1cccc(OC)c1-n1c(NS(=O)(=O)[C@@H](C)c2ccccc2F)nnc1[C@@H]1CCCO1. The van der Waals surface area contributed by atoms with Crippen LogP contribution in [0, 0.1) is 5.82 Å². The summed E-state index contributed by atoms with van der Waals surface area (Å²) in [5, 5.41) is 7.16. The molecule has 0 radical (unpaired) electrons. The van der Waals surface area contributed by atoms with Gasteiger partial charge in [-0.2, -0.15) is 0 Å². The fourth-order valence-corrected chi connectivity index (χ4v) is 4.90. The van der Waals surface area contributed by atoms with Crippen molar-refractivity contribution in [1.29, 1.82) is 0 Å². The van der Waals surface area contributed by atoms with Gasteiger partial charge in [0.25, 0.3) is 0 Å². The number of anilines is 1. The first-order valence-electron chi connectivity index (χ1n) is 10.4. The molecule has 2 heterocycles. The molecule has 4 rings (SSSR count). The van der Waals surface area contributed by atoms with Gasteiger partial charge in [-0.05, 0) is 38.0 Å². The van der Waals surface area contributed by atoms with E-state index in [1.807, 2.05) is 0 Å². The van der Waals surface area contributed by atoms with Gasteiger partial charge in [-0.25, -0.2) is 12.8 Å². The first-order chi connectivity index (χ1) is 15.9. The predicted octanol–water partition coefficient (Wildman–Crippen LogP) is 3.78. The number of benzene rings is 2. The highest BCUT2D eigenvalue weighted by Gasteiger charge is 2.32. The number of hydrogen-bond donors (Lipinski definition) is 1. The normalized spacial score (nSPS) is 17.0. The molecule has 0 amide bonds. The summed E-state index contributed by atoms with van der Waals surface area (Å²) >= 11 is 0. The Morgan fingerprint density at radius 2 is 1.82 bits per heavy atom. The Hall–Kier alpha value is -3.18. The summed E-state index contributed by atoms with van der Waals surface area (Å²) in [6.45, 7) is 1.97. The van der Waals surface area contributed by atoms with Gasteiger partial charge >= 0.3 is 0 Å². The molecular weight excluding hydrogens is 451 g/mol. The fraction of sp³-hybridized carbons (Fsp3) is 0.364. The fourth-order valence-electron chi connectivity index (χ4n) is 3.81. The van der Waals surface area contributed by atoms with E-state index >= 15 is 0 Å². The summed E-state index contributed by atoms with van der Waals surface area (Å²) in [5.74, 6) is 0.577. The van der Waals surface area contributed by atoms with Crippen LogP contribution in [-0.2, 0) is 14.8 Å². The molecule has 1 saturated heterocycles. The summed E-state index contributed by atoms with van der Waals surface area (Å²) in [5.41, 5.74) is 0.472. The number of ether oxygens (including phenoxy) is 3. The first kappa shape index (κ1) is 23.0. The molecule has 0 spiro atoms. The van der Waals surface area contributed by atoms with Crippen LogP contribution in [0.4, 0.5) is 10.3 Å². The number of nitrogens with zero attached hydrogens (tertiary/aromatic N) is 3. The molecule has 1 aliphatic rings. The molecule has 0 unspecified atom stereocenters. The lowest BCUT2D eigenvalue weighted by atomic mass is 10.1. The lowest BCUT2D eigenvalue weighted by Gasteiger charge is -2.20. The van der Waals surface area contributed by atoms with Gasteiger partial charge in [0.1, 0.15) is 34.4 Å². The Labute approximate surface area is 191 Å². The van der Waals surface area contributed by atoms with E-state index in [-0.39, 0.29) is 17.6 Å². The average Bonchev–Trinajstić information content (AvgIpc) is 3.48. The van der Waals surface area contributed by atoms with E-state index in [9.17, 15) is 12.8 Å². The molecule has 9 nitrogen and oxygen atoms in total. The van der Waals surface area contributed by atoms with Gasteiger partial charge in [-0.1, -0.05) is 24.3 Å². The van der Waals surface area contributed by atoms with Gasteiger partial charge in [0, 0.05) is 12.2 Å². The molecule has 3 aromatic rings. The third-order valence-corrected chi connectivity index (χ3v) is 7.23. The molecule has 1 fully saturated rings. The summed E-state index contributed by atoms with van der Waals surface area (Å²) in [6, 6.07) is 10.9. The van der Waals surface area contributed by atoms with Crippen LogP contribution in [0.1, 0.15) is 42.5 Å². The summed E-state index contributed by atoms with van der Waals surface area (Å²) in [7, 11) is -1.11. The number of hydrogen-bond acceptors (Lipinski definition) is 7. The molecule has 11 heteroatoms. The van der Waals surface area contributed by atoms with Crippen LogP contribution < -0.4 is 14.2 Å². The maximum absolute atomic E-state index is 14.3. The molecule has 176 valence electrons. The predicted molar refractivity (Wildman–Crippen MR) is 120 cm³/mol. The zero-order valence-electron chi connectivity index (χ0n) is 18.5. The Morgan fingerprint density at radius 3 is 2.42 bits per heavy atom. The average molecular weight is 477 g/mol. The molecule has 0 aliphatic carbocycles. The molecule has 2 atom stereocenters. The van der Waals surface area contributed by atoms with E-state index in [1.165, 1.54) is 43.9 Å². The van der Waals surface area contributed by atoms with E-state index in [0.29, 0.717) is 36.0 Å². The van der Waals surface area contributed by atoms with Gasteiger partial charge < -0.3 is 14.2 Å². The van der Waals surface area contributed by atoms with Crippen molar-refractivity contribution in [2.24, 2.45) is 0 Å². The molecule has 0 bridgehead atoms. The number of aromatic nitrogens is 3. The third kappa shape index (κ3) is 4.38. The standard InChI is InChI=1S/C22H25FN4O5S/c1-14(15-8-4-5-9-16(15)23)33(28,29)26-22-25-24-21(19-12-7-13-32-19)27(22)20-17(30-2)10-6-11-18(20)31-3/h4-6,8-11,14,19H,7,12-13H2,1-3H3,(H,25,26)/t14-,19-/m0/s1. The molecule has 1 aromatic heterocycles. The Bertz CT molecular complexity index is 1220. The number of halogens is 1. The van der Waals surface area contributed by atoms with Crippen molar-refractivity contribution in [2.45, 2.75) is 31.1 Å². The van der Waals surface area contributed by atoms with Crippen LogP contribution in [0.5, 0.6) is 11.5 Å². The highest BCUT2D eigenvalue weighted by atomic mass is 32.2. The van der Waals surface area contributed by atoms with Crippen molar-refractivity contribution < 1.29 is 27.0 Å². The maximum atomic E-state index is 14.3. The second-order valence-electron chi connectivity index (χ2n) is 7.54. The van der Waals surface area contributed by atoms with E-state index in [1.54, 1.807) is 24.3 Å². The Kier molecular flexibility index (Phi) is 6.52. The lowest BCUT2D eigenvalue weighted by Crippen LogP contribution is -2.23. The minimum Gasteiger partial charge on any atom is -0.494 e. The topological polar surface area (TPSA) is 105 Å². The van der Waals surface area contributed by atoms with Crippen molar-refractivity contribution in [2.75, 3.05) is 25.5 Å². The van der Waals surface area contributed by atoms with Crippen molar-refractivity contribution >= 4 is 16.0 Å². The zero-order valence-corrected chi connectivity index (χ0v) is 19.3. The maximum Gasteiger partial charge on any atom is 0.243 e. The molecule has 1 aliphatic heterocycles. The third-order valence-electron chi connectivity index (χ3n) is 5.57. The zero-order chi connectivity index (χ0) is 23.6.